The van der Waals surface area contributed by atoms with Gasteiger partial charge in [-0.3, -0.25) is 4.98 Å². The molecule has 0 spiro atoms. The van der Waals surface area contributed by atoms with Crippen molar-refractivity contribution in [2.75, 3.05) is 5.73 Å². The lowest BCUT2D eigenvalue weighted by Gasteiger charge is -1.98. The molecule has 2 aromatic heterocycles. The van der Waals surface area contributed by atoms with Gasteiger partial charge in [0.15, 0.2) is 0 Å². The largest absolute Gasteiger partial charge is 0.468 e. The molecule has 72 valence electrons. The quantitative estimate of drug-likeness (QED) is 0.779. The molecular formula is C9H9N3OS. The monoisotopic (exact) mass is 207 g/mol. The maximum absolute atomic E-state index is 5.50. The van der Waals surface area contributed by atoms with Crippen LogP contribution in [0.1, 0.15) is 5.76 Å². The normalized spacial score (nSPS) is 10.3. The number of rotatable bonds is 3. The van der Waals surface area contributed by atoms with Gasteiger partial charge in [-0.25, -0.2) is 4.98 Å². The molecule has 0 atom stereocenters. The third-order valence-corrected chi connectivity index (χ3v) is 2.49. The average Bonchev–Trinajstić information content (AvgIpc) is 2.67. The Morgan fingerprint density at radius 1 is 1.43 bits per heavy atom. The van der Waals surface area contributed by atoms with Gasteiger partial charge >= 0.3 is 0 Å². The van der Waals surface area contributed by atoms with Crippen molar-refractivity contribution in [3.63, 3.8) is 0 Å². The molecule has 0 amide bonds. The van der Waals surface area contributed by atoms with Crippen LogP contribution in [0.3, 0.4) is 0 Å². The minimum Gasteiger partial charge on any atom is -0.468 e. The van der Waals surface area contributed by atoms with E-state index in [1.54, 1.807) is 24.2 Å². The van der Waals surface area contributed by atoms with Gasteiger partial charge in [0.2, 0.25) is 0 Å². The second-order valence-corrected chi connectivity index (χ2v) is 3.65. The van der Waals surface area contributed by atoms with Crippen molar-refractivity contribution < 1.29 is 4.42 Å². The smallest absolute Gasteiger partial charge is 0.143 e. The van der Waals surface area contributed by atoms with Gasteiger partial charge in [-0.2, -0.15) is 0 Å². The van der Waals surface area contributed by atoms with Crippen molar-refractivity contribution in [2.24, 2.45) is 0 Å². The first-order chi connectivity index (χ1) is 6.84. The molecule has 0 aliphatic rings. The van der Waals surface area contributed by atoms with Crippen LogP contribution in [0.15, 0.2) is 40.2 Å². The molecule has 0 radical (unpaired) electrons. The number of aromatic nitrogens is 2. The zero-order valence-corrected chi connectivity index (χ0v) is 8.20. The van der Waals surface area contributed by atoms with Crippen LogP contribution in [-0.2, 0) is 5.75 Å². The fourth-order valence-corrected chi connectivity index (χ4v) is 1.73. The number of hydrogen-bond acceptors (Lipinski definition) is 5. The summed E-state index contributed by atoms with van der Waals surface area (Å²) < 4.78 is 5.19. The summed E-state index contributed by atoms with van der Waals surface area (Å²) in [4.78, 5) is 8.05. The van der Waals surface area contributed by atoms with Crippen LogP contribution >= 0.6 is 11.8 Å². The summed E-state index contributed by atoms with van der Waals surface area (Å²) in [6, 6.07) is 3.79. The maximum Gasteiger partial charge on any atom is 0.143 e. The minimum absolute atomic E-state index is 0.439. The highest BCUT2D eigenvalue weighted by Crippen LogP contribution is 2.20. The van der Waals surface area contributed by atoms with E-state index in [-0.39, 0.29) is 0 Å². The summed E-state index contributed by atoms with van der Waals surface area (Å²) in [6.45, 7) is 0. The Balaban J connectivity index is 1.98. The molecule has 0 saturated carbocycles. The Hall–Kier alpha value is -1.49. The number of anilines is 1. The van der Waals surface area contributed by atoms with Gasteiger partial charge in [-0.15, -0.1) is 0 Å². The third-order valence-electron chi connectivity index (χ3n) is 1.57. The lowest BCUT2D eigenvalue weighted by atomic mass is 10.5. The van der Waals surface area contributed by atoms with Crippen LogP contribution in [0.25, 0.3) is 0 Å². The summed E-state index contributed by atoms with van der Waals surface area (Å²) in [6.07, 6.45) is 4.86. The van der Waals surface area contributed by atoms with E-state index in [0.717, 1.165) is 16.5 Å². The van der Waals surface area contributed by atoms with Crippen molar-refractivity contribution >= 4 is 17.6 Å². The maximum atomic E-state index is 5.50. The topological polar surface area (TPSA) is 64.9 Å². The van der Waals surface area contributed by atoms with E-state index in [4.69, 9.17) is 10.2 Å². The zero-order chi connectivity index (χ0) is 9.80. The van der Waals surface area contributed by atoms with Crippen LogP contribution < -0.4 is 5.73 Å². The van der Waals surface area contributed by atoms with Gasteiger partial charge < -0.3 is 10.2 Å². The van der Waals surface area contributed by atoms with E-state index in [2.05, 4.69) is 9.97 Å². The summed E-state index contributed by atoms with van der Waals surface area (Å²) in [5.41, 5.74) is 5.50. The Kier molecular flexibility index (Phi) is 2.69. The highest BCUT2D eigenvalue weighted by Gasteiger charge is 2.00. The third kappa shape index (κ3) is 2.26. The van der Waals surface area contributed by atoms with E-state index < -0.39 is 0 Å². The fraction of sp³-hybridized carbons (Fsp3) is 0.111. The van der Waals surface area contributed by atoms with Crippen LogP contribution in [0.4, 0.5) is 5.82 Å². The number of nitrogens with zero attached hydrogens (tertiary/aromatic N) is 2. The molecule has 0 saturated heterocycles. The molecule has 0 unspecified atom stereocenters. The average molecular weight is 207 g/mol. The first-order valence-electron chi connectivity index (χ1n) is 4.07. The number of furan rings is 1. The lowest BCUT2D eigenvalue weighted by molar-refractivity contribution is 0.530. The highest BCUT2D eigenvalue weighted by molar-refractivity contribution is 7.98. The van der Waals surface area contributed by atoms with Crippen molar-refractivity contribution in [2.45, 2.75) is 10.8 Å². The zero-order valence-electron chi connectivity index (χ0n) is 7.38. The molecule has 0 aliphatic heterocycles. The molecule has 2 rings (SSSR count). The summed E-state index contributed by atoms with van der Waals surface area (Å²) in [7, 11) is 0. The second kappa shape index (κ2) is 4.15. The van der Waals surface area contributed by atoms with Crippen LogP contribution in [-0.4, -0.2) is 9.97 Å². The molecule has 0 aromatic carbocycles. The second-order valence-electron chi connectivity index (χ2n) is 2.65. The number of hydrogen-bond donors (Lipinski definition) is 1. The van der Waals surface area contributed by atoms with Gasteiger partial charge in [0.25, 0.3) is 0 Å². The Labute approximate surface area is 85.6 Å². The molecular weight excluding hydrogens is 198 g/mol. The number of nitrogens with two attached hydrogens (primary N) is 1. The molecule has 2 N–H and O–H groups in total. The van der Waals surface area contributed by atoms with Gasteiger partial charge in [0, 0.05) is 0 Å². The molecule has 2 aromatic rings. The van der Waals surface area contributed by atoms with Crippen LogP contribution in [0, 0.1) is 0 Å². The van der Waals surface area contributed by atoms with Crippen molar-refractivity contribution in [3.05, 3.63) is 36.5 Å². The SMILES string of the molecule is Nc1cncc(SCc2ccco2)n1. The Morgan fingerprint density at radius 2 is 2.36 bits per heavy atom. The highest BCUT2D eigenvalue weighted by atomic mass is 32.2. The van der Waals surface area contributed by atoms with Gasteiger partial charge in [0.05, 0.1) is 24.4 Å². The summed E-state index contributed by atoms with van der Waals surface area (Å²) in [5, 5.41) is 0.807. The Morgan fingerprint density at radius 3 is 3.07 bits per heavy atom. The molecule has 5 heteroatoms. The van der Waals surface area contributed by atoms with Crippen molar-refractivity contribution in [1.82, 2.24) is 9.97 Å². The standard InChI is InChI=1S/C9H9N3OS/c10-8-4-11-5-9(12-8)14-6-7-2-1-3-13-7/h1-5H,6H2,(H2,10,12). The van der Waals surface area contributed by atoms with Gasteiger partial charge in [-0.1, -0.05) is 11.8 Å². The first kappa shape index (κ1) is 9.08. The van der Waals surface area contributed by atoms with Gasteiger partial charge in [-0.05, 0) is 12.1 Å². The molecule has 2 heterocycles. The molecule has 0 fully saturated rings. The van der Waals surface area contributed by atoms with Crippen LogP contribution in [0.5, 0.6) is 0 Å². The molecule has 4 nitrogen and oxygen atoms in total. The van der Waals surface area contributed by atoms with E-state index in [1.807, 2.05) is 12.1 Å². The van der Waals surface area contributed by atoms with E-state index in [9.17, 15) is 0 Å². The fourth-order valence-electron chi connectivity index (χ4n) is 0.972. The van der Waals surface area contributed by atoms with E-state index in [1.165, 1.54) is 6.20 Å². The van der Waals surface area contributed by atoms with Crippen molar-refractivity contribution in [3.8, 4) is 0 Å². The summed E-state index contributed by atoms with van der Waals surface area (Å²) in [5.74, 6) is 2.10. The minimum atomic E-state index is 0.439. The van der Waals surface area contributed by atoms with E-state index in [0.29, 0.717) is 5.82 Å². The predicted molar refractivity (Wildman–Crippen MR) is 54.7 cm³/mol. The Bertz CT molecular complexity index is 402. The molecule has 0 bridgehead atoms. The van der Waals surface area contributed by atoms with Crippen LogP contribution in [0.2, 0.25) is 0 Å². The predicted octanol–water partition coefficient (Wildman–Crippen LogP) is 1.94. The number of thioether (sulfide) groups is 1. The lowest BCUT2D eigenvalue weighted by Crippen LogP contribution is -1.92. The molecule has 0 aliphatic carbocycles. The summed E-state index contributed by atoms with van der Waals surface area (Å²) >= 11 is 1.54. The van der Waals surface area contributed by atoms with E-state index >= 15 is 0 Å². The first-order valence-corrected chi connectivity index (χ1v) is 5.06. The molecule has 14 heavy (non-hydrogen) atoms. The van der Waals surface area contributed by atoms with Gasteiger partial charge in [0.1, 0.15) is 16.6 Å². The van der Waals surface area contributed by atoms with Crippen molar-refractivity contribution in [1.29, 1.82) is 0 Å². The number of nitrogen functional groups attached to an aromatic ring is 1.